The summed E-state index contributed by atoms with van der Waals surface area (Å²) in [6.45, 7) is 0. The number of carbonyl (C=O) groups is 4. The molecule has 0 aromatic heterocycles. The number of hydrogen-bond acceptors (Lipinski definition) is 4. The number of urea groups is 4. The molecule has 0 aliphatic carbocycles. The number of nitrogens with two attached hydrogens (primary N) is 8. The number of rotatable bonds is 0. The van der Waals surface area contributed by atoms with Crippen LogP contribution in [0.15, 0.2) is 0 Å². The summed E-state index contributed by atoms with van der Waals surface area (Å²) in [7, 11) is 0. The molecule has 0 aliphatic rings. The van der Waals surface area contributed by atoms with Crippen molar-refractivity contribution in [3.05, 3.63) is 0 Å². The van der Waals surface area contributed by atoms with Crippen LogP contribution in [0.2, 0.25) is 0 Å². The van der Waals surface area contributed by atoms with E-state index in [1.54, 1.807) is 0 Å². The van der Waals surface area contributed by atoms with Gasteiger partial charge in [-0.25, -0.2) is 19.2 Å². The monoisotopic (exact) mass is 261 g/mol. The predicted molar refractivity (Wildman–Crippen MR) is 72.3 cm³/mol. The summed E-state index contributed by atoms with van der Waals surface area (Å²) in [6, 6.07) is -3.33. The third-order valence-electron chi connectivity index (χ3n) is 0. The molecule has 19 heavy (non-hydrogen) atoms. The van der Waals surface area contributed by atoms with Crippen LogP contribution in [0.4, 0.5) is 19.2 Å². The van der Waals surface area contributed by atoms with Crippen molar-refractivity contribution in [1.82, 2.24) is 0 Å². The molecule has 0 unspecified atom stereocenters. The van der Waals surface area contributed by atoms with E-state index in [1.165, 1.54) is 0 Å². The van der Waals surface area contributed by atoms with Gasteiger partial charge >= 0.3 is 24.1 Å². The Morgan fingerprint density at radius 2 is 0.368 bits per heavy atom. The van der Waals surface area contributed by atoms with Crippen molar-refractivity contribution < 1.29 is 19.2 Å². The van der Waals surface area contributed by atoms with E-state index >= 15 is 0 Å². The first-order valence-electron chi connectivity index (χ1n) is 3.13. The van der Waals surface area contributed by atoms with E-state index in [1.807, 2.05) is 0 Å². The summed E-state index contributed by atoms with van der Waals surface area (Å²) in [5.41, 5.74) is 34.0. The Labute approximate surface area is 145 Å². The summed E-state index contributed by atoms with van der Waals surface area (Å²) >= 11 is 0. The molecule has 99 valence electrons. The van der Waals surface area contributed by atoms with E-state index in [9.17, 15) is 0 Å². The molecular weight excluding hydrogens is 245 g/mol. The van der Waals surface area contributed by atoms with Gasteiger partial charge in [-0.05, 0) is 0 Å². The normalized spacial score (nSPS) is 5.05. The van der Waals surface area contributed by atoms with E-state index in [4.69, 9.17) is 19.2 Å². The van der Waals surface area contributed by atoms with Crippen LogP contribution in [0.5, 0.6) is 0 Å². The Balaban J connectivity index is -0.0000000192. The Morgan fingerprint density at radius 1 is 0.368 bits per heavy atom. The smallest absolute Gasteiger partial charge is 0.309 e. The molecule has 0 rings (SSSR count). The number of amides is 8. The molecule has 0 atom stereocenters. The average molecular weight is 261 g/mol. The van der Waals surface area contributed by atoms with Gasteiger partial charge in [0.1, 0.15) is 0 Å². The van der Waals surface area contributed by atoms with Gasteiger partial charge in [0, 0.05) is 56.6 Å². The van der Waals surface area contributed by atoms with Crippen LogP contribution in [-0.4, -0.2) is 80.7 Å². The molecule has 0 spiro atoms. The third-order valence-corrected chi connectivity index (χ3v) is 0. The molecule has 0 fully saturated rings. The van der Waals surface area contributed by atoms with E-state index in [2.05, 4.69) is 45.9 Å². The maximum Gasteiger partial charge on any atom is 0.309 e. The van der Waals surface area contributed by atoms with Gasteiger partial charge in [-0.3, -0.25) is 0 Å². The summed E-state index contributed by atoms with van der Waals surface area (Å²) < 4.78 is 0. The first kappa shape index (κ1) is 43.0. The molecule has 0 aromatic rings. The second kappa shape index (κ2) is 36.0. The van der Waals surface area contributed by atoms with Crippen molar-refractivity contribution >= 4 is 80.7 Å². The second-order valence-electron chi connectivity index (χ2n) is 1.61. The third kappa shape index (κ3) is 2930. The molecule has 0 heterocycles. The summed E-state index contributed by atoms with van der Waals surface area (Å²) in [5.74, 6) is 0. The molecule has 12 nitrogen and oxygen atoms in total. The molecule has 16 N–H and O–H groups in total. The van der Waals surface area contributed by atoms with Gasteiger partial charge in [0.2, 0.25) is 0 Å². The fraction of sp³-hybridized carbons (Fsp3) is 0. The topological polar surface area (TPSA) is 276 Å². The van der Waals surface area contributed by atoms with E-state index in [-0.39, 0.29) is 56.6 Å². The maximum atomic E-state index is 9.00. The van der Waals surface area contributed by atoms with Gasteiger partial charge in [0.15, 0.2) is 0 Å². The minimum absolute atomic E-state index is 0. The van der Waals surface area contributed by atoms with Crippen molar-refractivity contribution in [3.63, 3.8) is 0 Å². The zero-order valence-electron chi connectivity index (χ0n) is 11.3. The fourth-order valence-corrected chi connectivity index (χ4v) is 0. The first-order chi connectivity index (χ1) is 6.93. The Kier molecular flexibility index (Phi) is 81.5. The predicted octanol–water partition coefficient (Wildman–Crippen LogP) is -5.05. The van der Waals surface area contributed by atoms with Crippen LogP contribution in [0, 0.1) is 0 Å². The average Bonchev–Trinajstić information content (AvgIpc) is 1.76. The van der Waals surface area contributed by atoms with Crippen LogP contribution >= 0.6 is 0 Å². The minimum atomic E-state index is -0.833. The van der Waals surface area contributed by atoms with E-state index in [0.29, 0.717) is 0 Å². The molecular formula is C4H16Li3N8O4. The van der Waals surface area contributed by atoms with Crippen molar-refractivity contribution in [1.29, 1.82) is 0 Å². The summed E-state index contributed by atoms with van der Waals surface area (Å²) in [6.07, 6.45) is 0. The number of hydrogen-bond donors (Lipinski definition) is 8. The van der Waals surface area contributed by atoms with Crippen LogP contribution in [-0.2, 0) is 0 Å². The van der Waals surface area contributed by atoms with Crippen LogP contribution in [0.3, 0.4) is 0 Å². The van der Waals surface area contributed by atoms with Gasteiger partial charge in [-0.1, -0.05) is 0 Å². The minimum Gasteiger partial charge on any atom is -0.352 e. The fourth-order valence-electron chi connectivity index (χ4n) is 0. The zero-order valence-corrected chi connectivity index (χ0v) is 11.3. The van der Waals surface area contributed by atoms with Crippen molar-refractivity contribution in [3.8, 4) is 0 Å². The standard InChI is InChI=1S/4CH4N2O.3Li/c4*2-1(3)4;;;/h4*(H4,2,3,4);;;. The van der Waals surface area contributed by atoms with E-state index in [0.717, 1.165) is 0 Å². The summed E-state index contributed by atoms with van der Waals surface area (Å²) in [5, 5.41) is 0. The molecule has 8 amide bonds. The van der Waals surface area contributed by atoms with Gasteiger partial charge in [-0.2, -0.15) is 0 Å². The number of carbonyl (C=O) groups excluding carboxylic acids is 4. The molecule has 0 bridgehead atoms. The van der Waals surface area contributed by atoms with Gasteiger partial charge in [-0.15, -0.1) is 0 Å². The zero-order chi connectivity index (χ0) is 14.3. The molecule has 15 heteroatoms. The first-order valence-corrected chi connectivity index (χ1v) is 3.13. The van der Waals surface area contributed by atoms with Gasteiger partial charge in [0.25, 0.3) is 0 Å². The molecule has 0 aromatic carbocycles. The van der Waals surface area contributed by atoms with Crippen molar-refractivity contribution in [2.75, 3.05) is 0 Å². The Hall–Kier alpha value is -1.13. The van der Waals surface area contributed by atoms with Crippen LogP contribution in [0.25, 0.3) is 0 Å². The number of primary amides is 8. The largest absolute Gasteiger partial charge is 0.352 e. The summed E-state index contributed by atoms with van der Waals surface area (Å²) in [4.78, 5) is 36.0. The van der Waals surface area contributed by atoms with Gasteiger partial charge < -0.3 is 45.9 Å². The van der Waals surface area contributed by atoms with Crippen LogP contribution in [0.1, 0.15) is 0 Å². The van der Waals surface area contributed by atoms with Crippen LogP contribution < -0.4 is 45.9 Å². The second-order valence-corrected chi connectivity index (χ2v) is 1.61. The molecule has 3 radical (unpaired) electrons. The van der Waals surface area contributed by atoms with Crippen molar-refractivity contribution in [2.24, 2.45) is 45.9 Å². The molecule has 0 saturated heterocycles. The SMILES string of the molecule is NC(N)=O.NC(N)=O.NC(N)=O.NC(N)=O.[Li].[Li].[Li]. The van der Waals surface area contributed by atoms with Gasteiger partial charge in [0.05, 0.1) is 0 Å². The Bertz CT molecular complexity index is 176. The van der Waals surface area contributed by atoms with Crippen molar-refractivity contribution in [2.45, 2.75) is 0 Å². The maximum absolute atomic E-state index is 9.00. The molecule has 0 aliphatic heterocycles. The Morgan fingerprint density at radius 3 is 0.368 bits per heavy atom. The quantitative estimate of drug-likeness (QED) is 0.198. The van der Waals surface area contributed by atoms with E-state index < -0.39 is 24.1 Å². The molecule has 0 saturated carbocycles.